The second-order valence-corrected chi connectivity index (χ2v) is 10.6. The summed E-state index contributed by atoms with van der Waals surface area (Å²) in [6.07, 6.45) is 3.49. The fourth-order valence-corrected chi connectivity index (χ4v) is 5.35. The summed E-state index contributed by atoms with van der Waals surface area (Å²) in [4.78, 5) is 19.3. The molecule has 0 N–H and O–H groups in total. The summed E-state index contributed by atoms with van der Waals surface area (Å²) < 4.78 is 13.3. The lowest BCUT2D eigenvalue weighted by atomic mass is 10.1. The van der Waals surface area contributed by atoms with Gasteiger partial charge in [-0.25, -0.2) is 0 Å². The summed E-state index contributed by atoms with van der Waals surface area (Å²) in [6.45, 7) is 0.295. The van der Waals surface area contributed by atoms with Gasteiger partial charge in [0.05, 0.1) is 32.9 Å². The monoisotopic (exact) mass is 624 g/mol. The molecule has 10 heteroatoms. The molecular weight excluding hydrogens is 612 g/mol. The van der Waals surface area contributed by atoms with Crippen molar-refractivity contribution in [3.63, 3.8) is 0 Å². The van der Waals surface area contributed by atoms with Gasteiger partial charge < -0.3 is 9.47 Å². The van der Waals surface area contributed by atoms with Crippen LogP contribution in [0.5, 0.6) is 11.5 Å². The molecule has 3 aromatic rings. The summed E-state index contributed by atoms with van der Waals surface area (Å²) in [7, 11) is 1.57. The number of carbonyl (C=O) groups is 1. The molecule has 0 saturated carbocycles. The van der Waals surface area contributed by atoms with Gasteiger partial charge in [0.25, 0.3) is 5.91 Å². The Hall–Kier alpha value is -1.91. The molecule has 1 saturated heterocycles. The molecule has 1 aliphatic heterocycles. The molecule has 1 fully saturated rings. The molecule has 5 nitrogen and oxygen atoms in total. The molecule has 0 bridgehead atoms. The normalized spacial score (nSPS) is 14.8. The van der Waals surface area contributed by atoms with E-state index in [9.17, 15) is 4.79 Å². The minimum Gasteiger partial charge on any atom is -0.493 e. The lowest BCUT2D eigenvalue weighted by molar-refractivity contribution is -0.113. The number of carbonyl (C=O) groups excluding carboxylic acids is 1. The Kier molecular flexibility index (Phi) is 7.76. The number of thioether (sulfide) groups is 1. The Morgan fingerprint density at radius 3 is 2.70 bits per heavy atom. The zero-order chi connectivity index (χ0) is 23.5. The number of nitrogens with zero attached hydrogens (tertiary/aromatic N) is 2. The average molecular weight is 627 g/mol. The maximum absolute atomic E-state index is 13.1. The molecule has 0 spiro atoms. The highest BCUT2D eigenvalue weighted by Crippen LogP contribution is 2.41. The smallest absolute Gasteiger partial charge is 0.270 e. The van der Waals surface area contributed by atoms with Crippen molar-refractivity contribution in [1.29, 1.82) is 0 Å². The van der Waals surface area contributed by atoms with Crippen molar-refractivity contribution in [2.75, 3.05) is 12.0 Å². The van der Waals surface area contributed by atoms with Crippen LogP contribution in [0, 0.1) is 0 Å². The van der Waals surface area contributed by atoms with Crippen molar-refractivity contribution in [1.82, 2.24) is 4.98 Å². The van der Waals surface area contributed by atoms with E-state index >= 15 is 0 Å². The van der Waals surface area contributed by atoms with Crippen LogP contribution in [0.4, 0.5) is 5.69 Å². The maximum Gasteiger partial charge on any atom is 0.270 e. The van der Waals surface area contributed by atoms with E-state index in [1.54, 1.807) is 37.6 Å². The summed E-state index contributed by atoms with van der Waals surface area (Å²) in [6, 6.07) is 14.6. The van der Waals surface area contributed by atoms with Crippen molar-refractivity contribution >= 4 is 89.4 Å². The largest absolute Gasteiger partial charge is 0.493 e. The number of benzene rings is 2. The van der Waals surface area contributed by atoms with E-state index in [0.717, 1.165) is 15.7 Å². The summed E-state index contributed by atoms with van der Waals surface area (Å²) in [5.41, 5.74) is 2.18. The van der Waals surface area contributed by atoms with E-state index in [-0.39, 0.29) is 5.91 Å². The molecule has 0 atom stereocenters. The number of hydrogen-bond donors (Lipinski definition) is 0. The molecule has 0 unspecified atom stereocenters. The van der Waals surface area contributed by atoms with Gasteiger partial charge in [0.1, 0.15) is 6.61 Å². The predicted molar refractivity (Wildman–Crippen MR) is 144 cm³/mol. The molecule has 1 aliphatic rings. The first-order valence-electron chi connectivity index (χ1n) is 9.50. The topological polar surface area (TPSA) is 51.7 Å². The first-order valence-corrected chi connectivity index (χ1v) is 12.7. The summed E-state index contributed by atoms with van der Waals surface area (Å²) in [5.74, 6) is 0.869. The van der Waals surface area contributed by atoms with E-state index in [0.29, 0.717) is 42.5 Å². The van der Waals surface area contributed by atoms with Crippen molar-refractivity contribution in [2.24, 2.45) is 0 Å². The Balaban J connectivity index is 1.59. The van der Waals surface area contributed by atoms with Gasteiger partial charge in [0, 0.05) is 10.7 Å². The lowest BCUT2D eigenvalue weighted by Crippen LogP contribution is -2.27. The number of rotatable bonds is 6. The second-order valence-electron chi connectivity index (χ2n) is 6.76. The molecule has 1 amide bonds. The van der Waals surface area contributed by atoms with Gasteiger partial charge in [-0.05, 0) is 86.0 Å². The van der Waals surface area contributed by atoms with Gasteiger partial charge >= 0.3 is 0 Å². The van der Waals surface area contributed by atoms with Crippen molar-refractivity contribution < 1.29 is 14.3 Å². The lowest BCUT2D eigenvalue weighted by Gasteiger charge is -2.15. The zero-order valence-corrected chi connectivity index (χ0v) is 22.6. The Morgan fingerprint density at radius 2 is 2.00 bits per heavy atom. The van der Waals surface area contributed by atoms with Gasteiger partial charge in [-0.3, -0.25) is 14.7 Å². The highest BCUT2D eigenvalue weighted by Gasteiger charge is 2.33. The number of aromatic nitrogens is 1. The molecular formula is C23H15Br2ClN2O3S2. The molecule has 2 heterocycles. The highest BCUT2D eigenvalue weighted by atomic mass is 79.9. The number of methoxy groups -OCH3 is 1. The number of pyridine rings is 1. The standard InChI is InChI=1S/C23H15Br2ClN2O3S2/c1-30-19-9-13(8-17(25)21(19)31-12-14-4-2-3-7-27-14)10-20-22(29)28(23(32)33-20)15-5-6-16(24)18(26)11-15/h2-11H,12H2,1H3/b20-10+. The molecule has 4 rings (SSSR count). The maximum atomic E-state index is 13.1. The quantitative estimate of drug-likeness (QED) is 0.212. The minimum atomic E-state index is -0.214. The Morgan fingerprint density at radius 1 is 1.18 bits per heavy atom. The molecule has 2 aromatic carbocycles. The van der Waals surface area contributed by atoms with Crippen molar-refractivity contribution in [2.45, 2.75) is 6.61 Å². The van der Waals surface area contributed by atoms with Crippen LogP contribution in [0.3, 0.4) is 0 Å². The third-order valence-electron chi connectivity index (χ3n) is 4.60. The Bertz CT molecular complexity index is 1270. The van der Waals surface area contributed by atoms with E-state index in [1.165, 1.54) is 16.7 Å². The number of anilines is 1. The average Bonchev–Trinajstić information content (AvgIpc) is 3.08. The van der Waals surface area contributed by atoms with Gasteiger partial charge in [-0.15, -0.1) is 0 Å². The van der Waals surface area contributed by atoms with Crippen LogP contribution in [0.2, 0.25) is 5.02 Å². The van der Waals surface area contributed by atoms with Crippen LogP contribution in [-0.2, 0) is 11.4 Å². The van der Waals surface area contributed by atoms with E-state index in [4.69, 9.17) is 33.3 Å². The fraction of sp³-hybridized carbons (Fsp3) is 0.0870. The minimum absolute atomic E-state index is 0.214. The second kappa shape index (κ2) is 10.6. The number of hydrogen-bond acceptors (Lipinski definition) is 6. The predicted octanol–water partition coefficient (Wildman–Crippen LogP) is 7.25. The number of thiocarbonyl (C=S) groups is 1. The van der Waals surface area contributed by atoms with Crippen LogP contribution in [0.1, 0.15) is 11.3 Å². The first-order chi connectivity index (χ1) is 15.9. The fourth-order valence-electron chi connectivity index (χ4n) is 3.06. The van der Waals surface area contributed by atoms with Gasteiger partial charge in [-0.2, -0.15) is 0 Å². The third kappa shape index (κ3) is 5.44. The van der Waals surface area contributed by atoms with Gasteiger partial charge in [0.15, 0.2) is 15.8 Å². The third-order valence-corrected chi connectivity index (χ3v) is 7.72. The molecule has 0 aliphatic carbocycles. The van der Waals surface area contributed by atoms with Crippen molar-refractivity contribution in [3.8, 4) is 11.5 Å². The first kappa shape index (κ1) is 24.2. The van der Waals surface area contributed by atoms with Crippen LogP contribution in [0.25, 0.3) is 6.08 Å². The van der Waals surface area contributed by atoms with Crippen LogP contribution < -0.4 is 14.4 Å². The summed E-state index contributed by atoms with van der Waals surface area (Å²) in [5, 5.41) is 0.500. The van der Waals surface area contributed by atoms with Crippen LogP contribution in [0.15, 0.2) is 68.6 Å². The van der Waals surface area contributed by atoms with E-state index < -0.39 is 0 Å². The molecule has 33 heavy (non-hydrogen) atoms. The molecule has 1 aromatic heterocycles. The van der Waals surface area contributed by atoms with E-state index in [1.807, 2.05) is 30.3 Å². The number of ether oxygens (including phenoxy) is 2. The number of amides is 1. The SMILES string of the molecule is COc1cc(/C=C2/SC(=S)N(c3ccc(Br)c(Cl)c3)C2=O)cc(Br)c1OCc1ccccn1. The number of halogens is 3. The van der Waals surface area contributed by atoms with Crippen LogP contribution >= 0.6 is 67.4 Å². The van der Waals surface area contributed by atoms with E-state index in [2.05, 4.69) is 36.8 Å². The molecule has 168 valence electrons. The van der Waals surface area contributed by atoms with Crippen molar-refractivity contribution in [3.05, 3.63) is 84.9 Å². The van der Waals surface area contributed by atoms with Gasteiger partial charge in [-0.1, -0.05) is 41.6 Å². The molecule has 0 radical (unpaired) electrons. The highest BCUT2D eigenvalue weighted by molar-refractivity contribution is 9.10. The Labute approximate surface area is 222 Å². The summed E-state index contributed by atoms with van der Waals surface area (Å²) >= 11 is 19.8. The zero-order valence-electron chi connectivity index (χ0n) is 17.1. The van der Waals surface area contributed by atoms with Gasteiger partial charge in [0.2, 0.25) is 0 Å². The van der Waals surface area contributed by atoms with Crippen LogP contribution in [-0.4, -0.2) is 22.3 Å².